The second-order valence-corrected chi connectivity index (χ2v) is 9.93. The smallest absolute Gasteiger partial charge is 0.250 e. The summed E-state index contributed by atoms with van der Waals surface area (Å²) in [4.78, 5) is 42.7. The molecule has 0 aromatic heterocycles. The molecule has 1 aliphatic carbocycles. The van der Waals surface area contributed by atoms with E-state index in [1.807, 2.05) is 24.3 Å². The predicted octanol–water partition coefficient (Wildman–Crippen LogP) is 2.39. The van der Waals surface area contributed by atoms with Gasteiger partial charge in [-0.3, -0.25) is 24.6 Å². The third-order valence-electron chi connectivity index (χ3n) is 8.09. The number of likely N-dealkylation sites (tertiary alicyclic amines) is 1. The van der Waals surface area contributed by atoms with E-state index in [9.17, 15) is 24.6 Å². The number of fused-ring (bicyclic) bond motifs is 4. The minimum absolute atomic E-state index is 0.116. The molecule has 8 nitrogen and oxygen atoms in total. The van der Waals surface area contributed by atoms with Crippen molar-refractivity contribution in [2.45, 2.75) is 56.1 Å². The van der Waals surface area contributed by atoms with Crippen molar-refractivity contribution in [3.05, 3.63) is 53.6 Å². The van der Waals surface area contributed by atoms with Crippen LogP contribution < -0.4 is 10.6 Å². The molecule has 1 saturated carbocycles. The van der Waals surface area contributed by atoms with Crippen LogP contribution in [0.15, 0.2) is 42.5 Å². The molecule has 2 aromatic carbocycles. The number of hydrogen-bond donors (Lipinski definition) is 4. The molecule has 4 aliphatic rings. The van der Waals surface area contributed by atoms with Crippen LogP contribution in [0.5, 0.6) is 11.5 Å². The molecule has 176 valence electrons. The number of benzene rings is 2. The third-order valence-corrected chi connectivity index (χ3v) is 8.09. The number of phenols is 2. The number of hydrogen-bond acceptors (Lipinski definition) is 6. The summed E-state index contributed by atoms with van der Waals surface area (Å²) in [5.74, 6) is -2.79. The van der Waals surface area contributed by atoms with Gasteiger partial charge < -0.3 is 15.5 Å². The van der Waals surface area contributed by atoms with Crippen LogP contribution in [0.25, 0.3) is 0 Å². The fraction of sp³-hybridized carbons (Fsp3) is 0.423. The maximum atomic E-state index is 13.9. The Kier molecular flexibility index (Phi) is 4.71. The van der Waals surface area contributed by atoms with E-state index < -0.39 is 23.4 Å². The first-order chi connectivity index (χ1) is 16.4. The van der Waals surface area contributed by atoms with E-state index in [0.717, 1.165) is 32.1 Å². The number of carbonyl (C=O) groups is 3. The van der Waals surface area contributed by atoms with Gasteiger partial charge in [-0.15, -0.1) is 0 Å². The van der Waals surface area contributed by atoms with Gasteiger partial charge in [-0.2, -0.15) is 0 Å². The van der Waals surface area contributed by atoms with Gasteiger partial charge >= 0.3 is 0 Å². The van der Waals surface area contributed by atoms with Crippen molar-refractivity contribution in [2.75, 3.05) is 5.32 Å². The highest BCUT2D eigenvalue weighted by molar-refractivity contribution is 6.15. The molecule has 2 aromatic rings. The average molecular weight is 462 g/mol. The highest BCUT2D eigenvalue weighted by Gasteiger charge is 2.70. The van der Waals surface area contributed by atoms with E-state index in [-0.39, 0.29) is 35.3 Å². The van der Waals surface area contributed by atoms with Crippen molar-refractivity contribution < 1.29 is 24.6 Å². The van der Waals surface area contributed by atoms with Gasteiger partial charge in [0, 0.05) is 23.3 Å². The lowest BCUT2D eigenvalue weighted by atomic mass is 9.76. The minimum Gasteiger partial charge on any atom is -0.504 e. The third kappa shape index (κ3) is 2.84. The molecule has 8 heteroatoms. The monoisotopic (exact) mass is 461 g/mol. The summed E-state index contributed by atoms with van der Waals surface area (Å²) in [6, 6.07) is 11.3. The van der Waals surface area contributed by atoms with Gasteiger partial charge in [0.25, 0.3) is 0 Å². The number of rotatable bonds is 3. The van der Waals surface area contributed by atoms with Gasteiger partial charge in [-0.05, 0) is 43.0 Å². The first-order valence-electron chi connectivity index (χ1n) is 12.0. The minimum atomic E-state index is -1.32. The molecule has 4 N–H and O–H groups in total. The lowest BCUT2D eigenvalue weighted by Crippen LogP contribution is -2.54. The van der Waals surface area contributed by atoms with E-state index in [1.54, 1.807) is 6.07 Å². The van der Waals surface area contributed by atoms with E-state index in [1.165, 1.54) is 17.0 Å². The number of nitrogens with zero attached hydrogens (tertiary/aromatic N) is 1. The molecular formula is C26H27N3O5. The molecule has 4 atom stereocenters. The summed E-state index contributed by atoms with van der Waals surface area (Å²) in [5, 5.41) is 26.0. The number of anilines is 1. The highest BCUT2D eigenvalue weighted by Crippen LogP contribution is 2.54. The lowest BCUT2D eigenvalue weighted by molar-refractivity contribution is -0.146. The first kappa shape index (κ1) is 21.2. The van der Waals surface area contributed by atoms with Gasteiger partial charge in [0.05, 0.1) is 11.8 Å². The van der Waals surface area contributed by atoms with Crippen molar-refractivity contribution >= 4 is 23.4 Å². The Morgan fingerprint density at radius 3 is 2.47 bits per heavy atom. The number of para-hydroxylation sites is 1. The molecule has 3 aliphatic heterocycles. The van der Waals surface area contributed by atoms with Crippen LogP contribution in [0.4, 0.5) is 5.69 Å². The Labute approximate surface area is 197 Å². The molecule has 6 rings (SSSR count). The van der Waals surface area contributed by atoms with Gasteiger partial charge in [0.1, 0.15) is 5.54 Å². The second-order valence-electron chi connectivity index (χ2n) is 9.93. The topological polar surface area (TPSA) is 119 Å². The van der Waals surface area contributed by atoms with Gasteiger partial charge in [0.15, 0.2) is 11.5 Å². The standard InChI is InChI=1S/C26H27N3O5/c30-19-11-10-14(13-20(19)31)12-18-21-22(24(33)29(23(21)32)15-6-2-1-3-7-15)26(28-18)16-8-4-5-9-17(16)27-25(26)34/h4-5,8-11,13,15,18,21-22,28,30-31H,1-3,6-7,12H2,(H,27,34)/t18-,21+,22-,26+/m0/s1. The highest BCUT2D eigenvalue weighted by atomic mass is 16.3. The Hall–Kier alpha value is -3.39. The number of carbonyl (C=O) groups excluding carboxylic acids is 3. The summed E-state index contributed by atoms with van der Waals surface area (Å²) >= 11 is 0. The molecular weight excluding hydrogens is 434 g/mol. The van der Waals surface area contributed by atoms with Crippen LogP contribution in [0, 0.1) is 11.8 Å². The lowest BCUT2D eigenvalue weighted by Gasteiger charge is -2.34. The van der Waals surface area contributed by atoms with Crippen LogP contribution in [0.3, 0.4) is 0 Å². The summed E-state index contributed by atoms with van der Waals surface area (Å²) in [6.45, 7) is 0. The van der Waals surface area contributed by atoms with Gasteiger partial charge in [-0.25, -0.2) is 0 Å². The molecule has 0 radical (unpaired) electrons. The maximum Gasteiger partial charge on any atom is 0.250 e. The Morgan fingerprint density at radius 1 is 0.941 bits per heavy atom. The molecule has 0 unspecified atom stereocenters. The fourth-order valence-corrected chi connectivity index (χ4v) is 6.60. The summed E-state index contributed by atoms with van der Waals surface area (Å²) in [6.07, 6.45) is 5.00. The molecule has 1 spiro atoms. The number of aromatic hydroxyl groups is 2. The van der Waals surface area contributed by atoms with E-state index in [2.05, 4.69) is 10.6 Å². The normalized spacial score (nSPS) is 30.6. The number of imide groups is 1. The largest absolute Gasteiger partial charge is 0.504 e. The van der Waals surface area contributed by atoms with Crippen molar-refractivity contribution in [2.24, 2.45) is 11.8 Å². The van der Waals surface area contributed by atoms with E-state index in [4.69, 9.17) is 0 Å². The zero-order valence-corrected chi connectivity index (χ0v) is 18.7. The second kappa shape index (κ2) is 7.56. The summed E-state index contributed by atoms with van der Waals surface area (Å²) < 4.78 is 0. The fourth-order valence-electron chi connectivity index (χ4n) is 6.60. The van der Waals surface area contributed by atoms with Gasteiger partial charge in [-0.1, -0.05) is 43.5 Å². The van der Waals surface area contributed by atoms with Crippen molar-refractivity contribution in [1.29, 1.82) is 0 Å². The molecule has 0 bridgehead atoms. The van der Waals surface area contributed by atoms with Crippen LogP contribution in [-0.2, 0) is 26.3 Å². The molecule has 3 fully saturated rings. The van der Waals surface area contributed by atoms with Crippen LogP contribution in [0.1, 0.15) is 43.2 Å². The number of amides is 3. The zero-order valence-electron chi connectivity index (χ0n) is 18.7. The quantitative estimate of drug-likeness (QED) is 0.412. The first-order valence-corrected chi connectivity index (χ1v) is 12.0. The van der Waals surface area contributed by atoms with E-state index >= 15 is 0 Å². The van der Waals surface area contributed by atoms with Gasteiger partial charge in [0.2, 0.25) is 17.7 Å². The van der Waals surface area contributed by atoms with Crippen LogP contribution in [-0.4, -0.2) is 44.9 Å². The van der Waals surface area contributed by atoms with Crippen LogP contribution in [0.2, 0.25) is 0 Å². The molecule has 34 heavy (non-hydrogen) atoms. The predicted molar refractivity (Wildman–Crippen MR) is 123 cm³/mol. The maximum absolute atomic E-state index is 13.9. The number of nitrogens with one attached hydrogen (secondary N) is 2. The Balaban J connectivity index is 1.45. The summed E-state index contributed by atoms with van der Waals surface area (Å²) in [5.41, 5.74) is 0.725. The zero-order chi connectivity index (χ0) is 23.6. The van der Waals surface area contributed by atoms with Crippen molar-refractivity contribution in [1.82, 2.24) is 10.2 Å². The molecule has 3 amide bonds. The van der Waals surface area contributed by atoms with Crippen molar-refractivity contribution in [3.8, 4) is 11.5 Å². The average Bonchev–Trinajstić information content (AvgIpc) is 3.41. The van der Waals surface area contributed by atoms with E-state index in [0.29, 0.717) is 23.2 Å². The molecule has 2 saturated heterocycles. The summed E-state index contributed by atoms with van der Waals surface area (Å²) in [7, 11) is 0. The van der Waals surface area contributed by atoms with Crippen molar-refractivity contribution in [3.63, 3.8) is 0 Å². The number of phenolic OH excluding ortho intramolecular Hbond substituents is 2. The molecule has 3 heterocycles. The SMILES string of the molecule is O=C1[C@@H]2[C@H](Cc3ccc(O)c(O)c3)N[C@@]3(C(=O)Nc4ccccc43)[C@@H]2C(=O)N1C1CCCCC1. The Bertz CT molecular complexity index is 1210. The Morgan fingerprint density at radius 2 is 1.71 bits per heavy atom. The van der Waals surface area contributed by atoms with Crippen LogP contribution >= 0.6 is 0 Å².